The zero-order valence-electron chi connectivity index (χ0n) is 10.6. The minimum Gasteiger partial charge on any atom is -0.388 e. The SMILES string of the molecule is Cc1cc(C(N)=S)nc(Nc2ccc(C)c(Br)c2)n1. The smallest absolute Gasteiger partial charge is 0.228 e. The zero-order valence-corrected chi connectivity index (χ0v) is 13.0. The van der Waals surface area contributed by atoms with E-state index in [-0.39, 0.29) is 4.99 Å². The Morgan fingerprint density at radius 2 is 2.00 bits per heavy atom. The highest BCUT2D eigenvalue weighted by Gasteiger charge is 2.05. The Kier molecular flexibility index (Phi) is 4.11. The molecule has 98 valence electrons. The zero-order chi connectivity index (χ0) is 14.0. The fraction of sp³-hybridized carbons (Fsp3) is 0.154. The highest BCUT2D eigenvalue weighted by molar-refractivity contribution is 9.10. The molecule has 1 heterocycles. The summed E-state index contributed by atoms with van der Waals surface area (Å²) in [6.45, 7) is 3.90. The number of rotatable bonds is 3. The van der Waals surface area contributed by atoms with E-state index in [1.54, 1.807) is 6.07 Å². The molecular weight excluding hydrogens is 324 g/mol. The summed E-state index contributed by atoms with van der Waals surface area (Å²) < 4.78 is 1.03. The van der Waals surface area contributed by atoms with Crippen molar-refractivity contribution in [3.05, 3.63) is 45.7 Å². The Morgan fingerprint density at radius 1 is 1.26 bits per heavy atom. The van der Waals surface area contributed by atoms with Crippen LogP contribution in [0.25, 0.3) is 0 Å². The maximum absolute atomic E-state index is 5.59. The fourth-order valence-electron chi connectivity index (χ4n) is 1.55. The number of hydrogen-bond acceptors (Lipinski definition) is 4. The molecule has 0 atom stereocenters. The van der Waals surface area contributed by atoms with Crippen molar-refractivity contribution in [2.45, 2.75) is 13.8 Å². The van der Waals surface area contributed by atoms with Crippen LogP contribution in [0.1, 0.15) is 17.0 Å². The second-order valence-electron chi connectivity index (χ2n) is 4.17. The predicted octanol–water partition coefficient (Wildman–Crippen LogP) is 3.23. The number of benzene rings is 1. The summed E-state index contributed by atoms with van der Waals surface area (Å²) in [6.07, 6.45) is 0. The topological polar surface area (TPSA) is 63.8 Å². The van der Waals surface area contributed by atoms with E-state index in [1.807, 2.05) is 32.0 Å². The van der Waals surface area contributed by atoms with Crippen LogP contribution < -0.4 is 11.1 Å². The molecule has 0 amide bonds. The van der Waals surface area contributed by atoms with Crippen LogP contribution in [-0.2, 0) is 0 Å². The van der Waals surface area contributed by atoms with Crippen LogP contribution in [0, 0.1) is 13.8 Å². The lowest BCUT2D eigenvalue weighted by Crippen LogP contribution is -2.13. The monoisotopic (exact) mass is 336 g/mol. The third-order valence-electron chi connectivity index (χ3n) is 2.53. The van der Waals surface area contributed by atoms with Crippen molar-refractivity contribution in [2.24, 2.45) is 5.73 Å². The van der Waals surface area contributed by atoms with E-state index in [4.69, 9.17) is 18.0 Å². The second-order valence-corrected chi connectivity index (χ2v) is 5.47. The molecule has 0 bridgehead atoms. The predicted molar refractivity (Wildman–Crippen MR) is 84.8 cm³/mol. The van der Waals surface area contributed by atoms with E-state index in [0.29, 0.717) is 11.6 Å². The van der Waals surface area contributed by atoms with E-state index < -0.39 is 0 Å². The van der Waals surface area contributed by atoms with Crippen LogP contribution in [-0.4, -0.2) is 15.0 Å². The third kappa shape index (κ3) is 3.48. The normalized spacial score (nSPS) is 10.3. The van der Waals surface area contributed by atoms with Gasteiger partial charge in [-0.15, -0.1) is 0 Å². The quantitative estimate of drug-likeness (QED) is 0.842. The van der Waals surface area contributed by atoms with Gasteiger partial charge >= 0.3 is 0 Å². The third-order valence-corrected chi connectivity index (χ3v) is 3.60. The van der Waals surface area contributed by atoms with E-state index in [1.165, 1.54) is 5.56 Å². The van der Waals surface area contributed by atoms with Gasteiger partial charge in [0, 0.05) is 15.9 Å². The van der Waals surface area contributed by atoms with Crippen LogP contribution >= 0.6 is 28.1 Å². The van der Waals surface area contributed by atoms with Crippen LogP contribution in [0.15, 0.2) is 28.7 Å². The molecule has 1 aromatic heterocycles. The molecule has 0 aliphatic carbocycles. The van der Waals surface area contributed by atoms with Gasteiger partial charge < -0.3 is 11.1 Å². The maximum atomic E-state index is 5.59. The Hall–Kier alpha value is -1.53. The number of aryl methyl sites for hydroxylation is 2. The molecule has 0 fully saturated rings. The Bertz CT molecular complexity index is 643. The van der Waals surface area contributed by atoms with Crippen LogP contribution in [0.4, 0.5) is 11.6 Å². The van der Waals surface area contributed by atoms with Crippen molar-refractivity contribution in [1.82, 2.24) is 9.97 Å². The van der Waals surface area contributed by atoms with Gasteiger partial charge in [-0.05, 0) is 37.6 Å². The lowest BCUT2D eigenvalue weighted by atomic mass is 10.2. The van der Waals surface area contributed by atoms with Gasteiger partial charge in [0.2, 0.25) is 5.95 Å². The molecule has 2 rings (SSSR count). The molecule has 1 aromatic carbocycles. The van der Waals surface area contributed by atoms with Crippen molar-refractivity contribution < 1.29 is 0 Å². The lowest BCUT2D eigenvalue weighted by Gasteiger charge is -2.08. The number of anilines is 2. The van der Waals surface area contributed by atoms with Gasteiger partial charge in [0.15, 0.2) is 0 Å². The first-order valence-electron chi connectivity index (χ1n) is 5.64. The van der Waals surface area contributed by atoms with Crippen molar-refractivity contribution >= 4 is 44.8 Å². The van der Waals surface area contributed by atoms with Crippen molar-refractivity contribution in [2.75, 3.05) is 5.32 Å². The van der Waals surface area contributed by atoms with Gasteiger partial charge in [0.05, 0.1) is 0 Å². The summed E-state index contributed by atoms with van der Waals surface area (Å²) >= 11 is 8.43. The van der Waals surface area contributed by atoms with Gasteiger partial charge in [-0.2, -0.15) is 0 Å². The average Bonchev–Trinajstić information content (AvgIpc) is 2.33. The molecule has 4 nitrogen and oxygen atoms in total. The van der Waals surface area contributed by atoms with Crippen LogP contribution in [0.2, 0.25) is 0 Å². The summed E-state index contributed by atoms with van der Waals surface area (Å²) in [5.41, 5.74) is 9.04. The number of nitrogens with one attached hydrogen (secondary N) is 1. The number of hydrogen-bond donors (Lipinski definition) is 2. The Morgan fingerprint density at radius 3 is 2.63 bits per heavy atom. The van der Waals surface area contributed by atoms with Gasteiger partial charge in [0.25, 0.3) is 0 Å². The summed E-state index contributed by atoms with van der Waals surface area (Å²) in [6, 6.07) is 7.71. The highest BCUT2D eigenvalue weighted by atomic mass is 79.9. The van der Waals surface area contributed by atoms with E-state index in [2.05, 4.69) is 31.2 Å². The molecule has 2 aromatic rings. The molecule has 0 saturated heterocycles. The number of halogens is 1. The molecule has 6 heteroatoms. The first-order chi connectivity index (χ1) is 8.95. The molecule has 19 heavy (non-hydrogen) atoms. The summed E-state index contributed by atoms with van der Waals surface area (Å²) in [7, 11) is 0. The van der Waals surface area contributed by atoms with E-state index >= 15 is 0 Å². The van der Waals surface area contributed by atoms with Crippen LogP contribution in [0.5, 0.6) is 0 Å². The first-order valence-corrected chi connectivity index (χ1v) is 6.84. The summed E-state index contributed by atoms with van der Waals surface area (Å²) in [5, 5.41) is 3.14. The average molecular weight is 337 g/mol. The highest BCUT2D eigenvalue weighted by Crippen LogP contribution is 2.22. The first kappa shape index (κ1) is 13.9. The fourth-order valence-corrected chi connectivity index (χ4v) is 2.03. The van der Waals surface area contributed by atoms with E-state index in [0.717, 1.165) is 15.9 Å². The minimum atomic E-state index is 0.263. The van der Waals surface area contributed by atoms with Gasteiger partial charge in [0.1, 0.15) is 10.7 Å². The van der Waals surface area contributed by atoms with Crippen molar-refractivity contribution in [3.63, 3.8) is 0 Å². The molecule has 0 radical (unpaired) electrons. The summed E-state index contributed by atoms with van der Waals surface area (Å²) in [5.74, 6) is 0.485. The molecule has 0 aliphatic heterocycles. The van der Waals surface area contributed by atoms with Crippen molar-refractivity contribution in [1.29, 1.82) is 0 Å². The maximum Gasteiger partial charge on any atom is 0.228 e. The van der Waals surface area contributed by atoms with E-state index in [9.17, 15) is 0 Å². The molecule has 0 saturated carbocycles. The van der Waals surface area contributed by atoms with Crippen LogP contribution in [0.3, 0.4) is 0 Å². The largest absolute Gasteiger partial charge is 0.388 e. The standard InChI is InChI=1S/C13H13BrN4S/c1-7-3-4-9(6-10(7)14)17-13-16-8(2)5-11(18-13)12(15)19/h3-6H,1-2H3,(H2,15,19)(H,16,17,18). The molecule has 3 N–H and O–H groups in total. The molecule has 0 spiro atoms. The molecule has 0 aliphatic rings. The number of thiocarbonyl (C=S) groups is 1. The minimum absolute atomic E-state index is 0.263. The van der Waals surface area contributed by atoms with Crippen molar-refractivity contribution in [3.8, 4) is 0 Å². The summed E-state index contributed by atoms with van der Waals surface area (Å²) in [4.78, 5) is 8.85. The second kappa shape index (κ2) is 5.63. The Labute approximate surface area is 125 Å². The molecule has 0 unspecified atom stereocenters. The molecular formula is C13H13BrN4S. The lowest BCUT2D eigenvalue weighted by molar-refractivity contribution is 1.09. The number of nitrogens with two attached hydrogens (primary N) is 1. The van der Waals surface area contributed by atoms with Gasteiger partial charge in [-0.25, -0.2) is 9.97 Å². The number of nitrogens with zero attached hydrogens (tertiary/aromatic N) is 2. The van der Waals surface area contributed by atoms with Gasteiger partial charge in [-0.3, -0.25) is 0 Å². The Balaban J connectivity index is 2.32. The van der Waals surface area contributed by atoms with Gasteiger partial charge in [-0.1, -0.05) is 34.2 Å². The number of aromatic nitrogens is 2.